The smallest absolute Gasteiger partial charge is 0.204 e. The summed E-state index contributed by atoms with van der Waals surface area (Å²) in [5.74, 6) is -0.0716. The third-order valence-corrected chi connectivity index (χ3v) is 3.37. The summed E-state index contributed by atoms with van der Waals surface area (Å²) in [6, 6.07) is 10.2. The number of aromatic hydroxyl groups is 1. The monoisotopic (exact) mass is 286 g/mol. The number of phenols is 1. The maximum atomic E-state index is 12.5. The zero-order valence-corrected chi connectivity index (χ0v) is 11.4. The van der Waals surface area contributed by atoms with Crippen LogP contribution in [-0.4, -0.2) is 5.11 Å². The predicted molar refractivity (Wildman–Crippen MR) is 79.3 cm³/mol. The summed E-state index contributed by atoms with van der Waals surface area (Å²) in [5, 5.41) is 10.7. The minimum absolute atomic E-state index is 0.0716. The molecule has 2 aromatic carbocycles. The fourth-order valence-corrected chi connectivity index (χ4v) is 2.41. The van der Waals surface area contributed by atoms with E-state index in [4.69, 9.17) is 16.0 Å². The molecule has 3 nitrogen and oxygen atoms in total. The van der Waals surface area contributed by atoms with Crippen molar-refractivity contribution in [1.29, 1.82) is 0 Å². The lowest BCUT2D eigenvalue weighted by Gasteiger charge is -2.05. The quantitative estimate of drug-likeness (QED) is 0.732. The molecule has 1 aromatic heterocycles. The van der Waals surface area contributed by atoms with E-state index in [9.17, 15) is 9.90 Å². The van der Waals surface area contributed by atoms with E-state index in [1.54, 1.807) is 36.4 Å². The fourth-order valence-electron chi connectivity index (χ4n) is 2.22. The highest BCUT2D eigenvalue weighted by Crippen LogP contribution is 2.27. The van der Waals surface area contributed by atoms with Crippen LogP contribution in [0.15, 0.2) is 51.9 Å². The Labute approximate surface area is 120 Å². The molecule has 1 heterocycles. The first-order valence-corrected chi connectivity index (χ1v) is 6.45. The molecule has 1 N–H and O–H groups in total. The minimum atomic E-state index is -0.272. The highest BCUT2D eigenvalue weighted by Gasteiger charge is 2.13. The Morgan fingerprint density at radius 2 is 2.00 bits per heavy atom. The lowest BCUT2D eigenvalue weighted by molar-refractivity contribution is 0.479. The van der Waals surface area contributed by atoms with Gasteiger partial charge >= 0.3 is 0 Å². The molecule has 0 radical (unpaired) electrons. The molecule has 0 atom stereocenters. The molecule has 100 valence electrons. The largest absolute Gasteiger partial charge is 0.507 e. The van der Waals surface area contributed by atoms with Gasteiger partial charge in [-0.1, -0.05) is 23.7 Å². The van der Waals surface area contributed by atoms with Crippen LogP contribution in [0, 0.1) is 6.92 Å². The second-order valence-corrected chi connectivity index (χ2v) is 5.08. The molecule has 0 saturated heterocycles. The van der Waals surface area contributed by atoms with Gasteiger partial charge in [0.05, 0.1) is 5.56 Å². The van der Waals surface area contributed by atoms with Crippen LogP contribution in [0.1, 0.15) is 5.56 Å². The fraction of sp³-hybridized carbons (Fsp3) is 0.0625. The van der Waals surface area contributed by atoms with E-state index in [1.807, 2.05) is 6.92 Å². The molecule has 3 aromatic rings. The van der Waals surface area contributed by atoms with E-state index >= 15 is 0 Å². The first-order chi connectivity index (χ1) is 9.56. The SMILES string of the molecule is Cc1cc(O)c2c(=O)c(-c3cccc(Cl)c3)coc2c1. The highest BCUT2D eigenvalue weighted by atomic mass is 35.5. The normalized spacial score (nSPS) is 10.9. The van der Waals surface area contributed by atoms with E-state index < -0.39 is 0 Å². The molecule has 0 unspecified atom stereocenters. The molecule has 0 amide bonds. The van der Waals surface area contributed by atoms with Crippen molar-refractivity contribution in [2.24, 2.45) is 0 Å². The average Bonchev–Trinajstić information content (AvgIpc) is 2.38. The molecule has 0 aliphatic rings. The summed E-state index contributed by atoms with van der Waals surface area (Å²) < 4.78 is 5.48. The number of hydrogen-bond acceptors (Lipinski definition) is 3. The average molecular weight is 287 g/mol. The number of hydrogen-bond donors (Lipinski definition) is 1. The van der Waals surface area contributed by atoms with Gasteiger partial charge in [-0.15, -0.1) is 0 Å². The van der Waals surface area contributed by atoms with Gasteiger partial charge in [-0.3, -0.25) is 4.79 Å². The van der Waals surface area contributed by atoms with Crippen LogP contribution in [0.4, 0.5) is 0 Å². The molecular formula is C16H11ClO3. The molecule has 0 spiro atoms. The molecule has 0 aliphatic carbocycles. The van der Waals surface area contributed by atoms with Crippen LogP contribution in [-0.2, 0) is 0 Å². The second kappa shape index (κ2) is 4.69. The van der Waals surface area contributed by atoms with Gasteiger partial charge in [-0.25, -0.2) is 0 Å². The molecular weight excluding hydrogens is 276 g/mol. The van der Waals surface area contributed by atoms with Gasteiger partial charge in [-0.05, 0) is 42.3 Å². The van der Waals surface area contributed by atoms with Gasteiger partial charge in [0.1, 0.15) is 23.0 Å². The first kappa shape index (κ1) is 12.8. The molecule has 3 rings (SSSR count). The number of fused-ring (bicyclic) bond motifs is 1. The van der Waals surface area contributed by atoms with Crippen molar-refractivity contribution in [3.05, 3.63) is 63.5 Å². The molecule has 0 saturated carbocycles. The van der Waals surface area contributed by atoms with Crippen molar-refractivity contribution in [2.45, 2.75) is 6.92 Å². The van der Waals surface area contributed by atoms with E-state index in [-0.39, 0.29) is 16.6 Å². The lowest BCUT2D eigenvalue weighted by Crippen LogP contribution is -2.05. The van der Waals surface area contributed by atoms with Crippen molar-refractivity contribution in [3.63, 3.8) is 0 Å². The number of halogens is 1. The molecule has 0 bridgehead atoms. The van der Waals surface area contributed by atoms with Crippen LogP contribution >= 0.6 is 11.6 Å². The van der Waals surface area contributed by atoms with Gasteiger partial charge in [0.2, 0.25) is 5.43 Å². The Morgan fingerprint density at radius 1 is 1.20 bits per heavy atom. The van der Waals surface area contributed by atoms with Crippen LogP contribution in [0.3, 0.4) is 0 Å². The summed E-state index contributed by atoms with van der Waals surface area (Å²) in [4.78, 5) is 12.5. The van der Waals surface area contributed by atoms with Crippen molar-refractivity contribution in [2.75, 3.05) is 0 Å². The molecule has 20 heavy (non-hydrogen) atoms. The van der Waals surface area contributed by atoms with Crippen LogP contribution < -0.4 is 5.43 Å². The molecule has 4 heteroatoms. The Bertz CT molecular complexity index is 865. The topological polar surface area (TPSA) is 50.4 Å². The Hall–Kier alpha value is -2.26. The Kier molecular flexibility index (Phi) is 2.99. The Balaban J connectivity index is 2.35. The molecule has 0 fully saturated rings. The highest BCUT2D eigenvalue weighted by molar-refractivity contribution is 6.30. The minimum Gasteiger partial charge on any atom is -0.507 e. The van der Waals surface area contributed by atoms with Gasteiger partial charge < -0.3 is 9.52 Å². The van der Waals surface area contributed by atoms with Crippen molar-refractivity contribution >= 4 is 22.6 Å². The van der Waals surface area contributed by atoms with Crippen molar-refractivity contribution in [3.8, 4) is 16.9 Å². The van der Waals surface area contributed by atoms with Crippen LogP contribution in [0.5, 0.6) is 5.75 Å². The third-order valence-electron chi connectivity index (χ3n) is 3.14. The van der Waals surface area contributed by atoms with Crippen LogP contribution in [0.25, 0.3) is 22.1 Å². The lowest BCUT2D eigenvalue weighted by atomic mass is 10.0. The number of rotatable bonds is 1. The maximum Gasteiger partial charge on any atom is 0.204 e. The Morgan fingerprint density at radius 3 is 2.75 bits per heavy atom. The standard InChI is InChI=1S/C16H11ClO3/c1-9-5-13(18)15-14(6-9)20-8-12(16(15)19)10-3-2-4-11(17)7-10/h2-8,18H,1H3. The summed E-state index contributed by atoms with van der Waals surface area (Å²) >= 11 is 5.94. The number of phenolic OH excluding ortho intramolecular Hbond substituents is 1. The molecule has 0 aliphatic heterocycles. The van der Waals surface area contributed by atoms with Crippen molar-refractivity contribution in [1.82, 2.24) is 0 Å². The number of aryl methyl sites for hydroxylation is 1. The third kappa shape index (κ3) is 2.06. The van der Waals surface area contributed by atoms with E-state index in [2.05, 4.69) is 0 Å². The summed E-state index contributed by atoms with van der Waals surface area (Å²) in [7, 11) is 0. The second-order valence-electron chi connectivity index (χ2n) is 4.65. The van der Waals surface area contributed by atoms with Crippen LogP contribution in [0.2, 0.25) is 5.02 Å². The zero-order valence-electron chi connectivity index (χ0n) is 10.7. The number of benzene rings is 2. The van der Waals surface area contributed by atoms with Crippen molar-refractivity contribution < 1.29 is 9.52 Å². The summed E-state index contributed by atoms with van der Waals surface area (Å²) in [5.41, 5.74) is 1.96. The zero-order chi connectivity index (χ0) is 14.3. The van der Waals surface area contributed by atoms with Gasteiger partial charge in [0.25, 0.3) is 0 Å². The van der Waals surface area contributed by atoms with E-state index in [1.165, 1.54) is 6.26 Å². The van der Waals surface area contributed by atoms with Gasteiger partial charge in [0.15, 0.2) is 0 Å². The van der Waals surface area contributed by atoms with Gasteiger partial charge in [-0.2, -0.15) is 0 Å². The summed E-state index contributed by atoms with van der Waals surface area (Å²) in [6.45, 7) is 1.82. The predicted octanol–water partition coefficient (Wildman–Crippen LogP) is 4.13. The summed E-state index contributed by atoms with van der Waals surface area (Å²) in [6.07, 6.45) is 1.40. The first-order valence-electron chi connectivity index (χ1n) is 6.07. The maximum absolute atomic E-state index is 12.5. The van der Waals surface area contributed by atoms with Gasteiger partial charge in [0, 0.05) is 5.02 Å². The van der Waals surface area contributed by atoms with E-state index in [0.29, 0.717) is 21.7 Å². The van der Waals surface area contributed by atoms with E-state index in [0.717, 1.165) is 5.56 Å².